The van der Waals surface area contributed by atoms with Crippen molar-refractivity contribution in [2.75, 3.05) is 0 Å². The Kier molecular flexibility index (Phi) is 4.66. The molecule has 0 radical (unpaired) electrons. The number of urea groups is 1. The molecular formula is C11H17N3O3S. The first-order chi connectivity index (χ1) is 8.28. The maximum Gasteiger partial charge on any atom is 0.315 e. The predicted molar refractivity (Wildman–Crippen MR) is 68.6 cm³/mol. The molecule has 0 aliphatic carbocycles. The summed E-state index contributed by atoms with van der Waals surface area (Å²) in [5.41, 5.74) is 0.137. The molecule has 0 unspecified atom stereocenters. The minimum absolute atomic E-state index is 0.128. The minimum atomic E-state index is -0.948. The van der Waals surface area contributed by atoms with Gasteiger partial charge in [0.1, 0.15) is 5.01 Å². The Morgan fingerprint density at radius 3 is 2.67 bits per heavy atom. The number of nitrogens with one attached hydrogen (secondary N) is 2. The van der Waals surface area contributed by atoms with E-state index in [1.807, 2.05) is 12.3 Å². The van der Waals surface area contributed by atoms with E-state index in [1.54, 1.807) is 13.8 Å². The van der Waals surface area contributed by atoms with Crippen LogP contribution in [0, 0.1) is 6.92 Å². The van der Waals surface area contributed by atoms with E-state index in [0.29, 0.717) is 6.54 Å². The molecule has 2 amide bonds. The second-order valence-corrected chi connectivity index (χ2v) is 5.59. The van der Waals surface area contributed by atoms with Gasteiger partial charge in [0, 0.05) is 16.6 Å². The van der Waals surface area contributed by atoms with E-state index < -0.39 is 17.5 Å². The maximum atomic E-state index is 11.6. The van der Waals surface area contributed by atoms with Crippen LogP contribution in [0.15, 0.2) is 5.38 Å². The largest absolute Gasteiger partial charge is 0.481 e. The summed E-state index contributed by atoms with van der Waals surface area (Å²) in [7, 11) is 0. The van der Waals surface area contributed by atoms with Gasteiger partial charge in [-0.1, -0.05) is 0 Å². The second kappa shape index (κ2) is 5.81. The summed E-state index contributed by atoms with van der Waals surface area (Å²) in [6, 6.07) is -0.394. The van der Waals surface area contributed by atoms with E-state index in [4.69, 9.17) is 5.11 Å². The first-order valence-corrected chi connectivity index (χ1v) is 6.35. The van der Waals surface area contributed by atoms with Crippen LogP contribution in [0.3, 0.4) is 0 Å². The van der Waals surface area contributed by atoms with Gasteiger partial charge in [-0.05, 0) is 20.8 Å². The molecule has 3 N–H and O–H groups in total. The van der Waals surface area contributed by atoms with Gasteiger partial charge in [-0.15, -0.1) is 11.3 Å². The first kappa shape index (κ1) is 14.4. The Labute approximate surface area is 109 Å². The number of aliphatic carboxylic acids is 1. The van der Waals surface area contributed by atoms with E-state index in [2.05, 4.69) is 15.6 Å². The summed E-state index contributed by atoms with van der Waals surface area (Å²) in [6.45, 7) is 5.55. The number of carboxylic acid groups (broad SMARTS) is 1. The van der Waals surface area contributed by atoms with Crippen LogP contribution in [-0.4, -0.2) is 27.6 Å². The predicted octanol–water partition coefficient (Wildman–Crippen LogP) is 1.50. The standard InChI is InChI=1S/C11H17N3O3S/c1-7-6-18-8(13-7)5-12-10(17)14-11(2,3)4-9(15)16/h6H,4-5H2,1-3H3,(H,15,16)(H2,12,14,17). The smallest absolute Gasteiger partial charge is 0.315 e. The van der Waals surface area contributed by atoms with Gasteiger partial charge in [0.25, 0.3) is 0 Å². The number of thiazole rings is 1. The van der Waals surface area contributed by atoms with Gasteiger partial charge in [0.2, 0.25) is 0 Å². The number of amides is 2. The Morgan fingerprint density at radius 1 is 1.50 bits per heavy atom. The molecule has 0 atom stereocenters. The average molecular weight is 271 g/mol. The molecule has 7 heteroatoms. The highest BCUT2D eigenvalue weighted by Gasteiger charge is 2.23. The van der Waals surface area contributed by atoms with E-state index in [9.17, 15) is 9.59 Å². The fourth-order valence-corrected chi connectivity index (χ4v) is 2.13. The van der Waals surface area contributed by atoms with Gasteiger partial charge in [0.05, 0.1) is 13.0 Å². The first-order valence-electron chi connectivity index (χ1n) is 5.47. The number of carbonyl (C=O) groups excluding carboxylic acids is 1. The topological polar surface area (TPSA) is 91.3 Å². The third kappa shape index (κ3) is 5.13. The number of aromatic nitrogens is 1. The number of rotatable bonds is 5. The molecular weight excluding hydrogens is 254 g/mol. The minimum Gasteiger partial charge on any atom is -0.481 e. The SMILES string of the molecule is Cc1csc(CNC(=O)NC(C)(C)CC(=O)O)n1. The van der Waals surface area contributed by atoms with Crippen molar-refractivity contribution >= 4 is 23.3 Å². The molecule has 1 heterocycles. The van der Waals surface area contributed by atoms with Crippen LogP contribution in [-0.2, 0) is 11.3 Å². The highest BCUT2D eigenvalue weighted by atomic mass is 32.1. The van der Waals surface area contributed by atoms with Gasteiger partial charge in [-0.25, -0.2) is 9.78 Å². The van der Waals surface area contributed by atoms with Gasteiger partial charge in [-0.3, -0.25) is 4.79 Å². The number of nitrogens with zero attached hydrogens (tertiary/aromatic N) is 1. The van der Waals surface area contributed by atoms with Crippen LogP contribution in [0.4, 0.5) is 4.79 Å². The molecule has 1 aromatic rings. The monoisotopic (exact) mass is 271 g/mol. The lowest BCUT2D eigenvalue weighted by Crippen LogP contribution is -2.49. The summed E-state index contributed by atoms with van der Waals surface area (Å²) in [6.07, 6.45) is -0.128. The molecule has 0 saturated heterocycles. The molecule has 0 spiro atoms. The molecule has 0 saturated carbocycles. The highest BCUT2D eigenvalue weighted by Crippen LogP contribution is 2.09. The third-order valence-electron chi connectivity index (χ3n) is 2.11. The summed E-state index contributed by atoms with van der Waals surface area (Å²) < 4.78 is 0. The van der Waals surface area contributed by atoms with Crippen molar-refractivity contribution in [2.45, 2.75) is 39.3 Å². The van der Waals surface area contributed by atoms with Crippen molar-refractivity contribution in [2.24, 2.45) is 0 Å². The van der Waals surface area contributed by atoms with Crippen molar-refractivity contribution in [3.05, 3.63) is 16.1 Å². The zero-order valence-corrected chi connectivity index (χ0v) is 11.4. The van der Waals surface area contributed by atoms with Crippen molar-refractivity contribution in [3.63, 3.8) is 0 Å². The summed E-state index contributed by atoms with van der Waals surface area (Å²) in [5, 5.41) is 16.7. The van der Waals surface area contributed by atoms with Crippen molar-refractivity contribution in [1.29, 1.82) is 0 Å². The van der Waals surface area contributed by atoms with Crippen LogP contribution in [0.5, 0.6) is 0 Å². The zero-order chi connectivity index (χ0) is 13.8. The Bertz CT molecular complexity index is 442. The van der Waals surface area contributed by atoms with Gasteiger partial charge in [-0.2, -0.15) is 0 Å². The maximum absolute atomic E-state index is 11.6. The molecule has 0 bridgehead atoms. The molecule has 0 aliphatic rings. The van der Waals surface area contributed by atoms with Crippen molar-refractivity contribution in [1.82, 2.24) is 15.6 Å². The molecule has 1 rings (SSSR count). The average Bonchev–Trinajstić information content (AvgIpc) is 2.58. The Morgan fingerprint density at radius 2 is 2.17 bits per heavy atom. The fraction of sp³-hybridized carbons (Fsp3) is 0.545. The zero-order valence-electron chi connectivity index (χ0n) is 10.6. The molecule has 0 aliphatic heterocycles. The number of carboxylic acids is 1. The van der Waals surface area contributed by atoms with Gasteiger partial charge < -0.3 is 15.7 Å². The lowest BCUT2D eigenvalue weighted by molar-refractivity contribution is -0.138. The normalized spacial score (nSPS) is 11.1. The van der Waals surface area contributed by atoms with Crippen LogP contribution in [0.25, 0.3) is 0 Å². The number of carbonyl (C=O) groups is 2. The molecule has 0 aromatic carbocycles. The lowest BCUT2D eigenvalue weighted by atomic mass is 10.0. The third-order valence-corrected chi connectivity index (χ3v) is 3.08. The van der Waals surface area contributed by atoms with Crippen LogP contribution in [0.1, 0.15) is 31.0 Å². The number of hydrogen-bond donors (Lipinski definition) is 3. The number of aryl methyl sites for hydroxylation is 1. The van der Waals surface area contributed by atoms with E-state index in [0.717, 1.165) is 10.7 Å². The van der Waals surface area contributed by atoms with E-state index >= 15 is 0 Å². The van der Waals surface area contributed by atoms with Gasteiger partial charge in [0.15, 0.2) is 0 Å². The fourth-order valence-electron chi connectivity index (χ4n) is 1.41. The summed E-state index contributed by atoms with van der Waals surface area (Å²) >= 11 is 1.47. The Hall–Kier alpha value is -1.63. The molecule has 0 fully saturated rings. The molecule has 6 nitrogen and oxygen atoms in total. The Balaban J connectivity index is 2.39. The van der Waals surface area contributed by atoms with Crippen molar-refractivity contribution < 1.29 is 14.7 Å². The highest BCUT2D eigenvalue weighted by molar-refractivity contribution is 7.09. The summed E-state index contributed by atoms with van der Waals surface area (Å²) in [5.74, 6) is -0.948. The summed E-state index contributed by atoms with van der Waals surface area (Å²) in [4.78, 5) is 26.4. The van der Waals surface area contributed by atoms with Crippen molar-refractivity contribution in [3.8, 4) is 0 Å². The molecule has 18 heavy (non-hydrogen) atoms. The van der Waals surface area contributed by atoms with E-state index in [-0.39, 0.29) is 6.42 Å². The lowest BCUT2D eigenvalue weighted by Gasteiger charge is -2.24. The van der Waals surface area contributed by atoms with Gasteiger partial charge >= 0.3 is 12.0 Å². The second-order valence-electron chi connectivity index (χ2n) is 4.64. The number of hydrogen-bond acceptors (Lipinski definition) is 4. The van der Waals surface area contributed by atoms with Crippen LogP contribution < -0.4 is 10.6 Å². The van der Waals surface area contributed by atoms with Crippen LogP contribution in [0.2, 0.25) is 0 Å². The van der Waals surface area contributed by atoms with Crippen LogP contribution >= 0.6 is 11.3 Å². The molecule has 100 valence electrons. The molecule has 1 aromatic heterocycles. The van der Waals surface area contributed by atoms with E-state index in [1.165, 1.54) is 11.3 Å². The quantitative estimate of drug-likeness (QED) is 0.757.